The number of ether oxygens (including phenoxy) is 1. The standard InChI is InChI=1S/C13H15N3O/c1-9(2)10-5-4-6-11(12(10)17-3)13-14-7-8-15-16-13/h4-7,9H,1-3H3,(H,14,16). The molecule has 1 aliphatic heterocycles. The Morgan fingerprint density at radius 2 is 2.18 bits per heavy atom. The van der Waals surface area contributed by atoms with Crippen molar-refractivity contribution in [1.82, 2.24) is 5.32 Å². The molecule has 1 N–H and O–H groups in total. The van der Waals surface area contributed by atoms with Crippen LogP contribution in [0, 0.1) is 0 Å². The highest BCUT2D eigenvalue weighted by Gasteiger charge is 2.16. The van der Waals surface area contributed by atoms with Gasteiger partial charge in [-0.25, -0.2) is 0 Å². The fourth-order valence-electron chi connectivity index (χ4n) is 1.79. The van der Waals surface area contributed by atoms with Gasteiger partial charge in [-0.15, -0.1) is 10.2 Å². The first-order valence-corrected chi connectivity index (χ1v) is 5.52. The summed E-state index contributed by atoms with van der Waals surface area (Å²) in [5.41, 5.74) is 2.08. The maximum atomic E-state index is 5.49. The Hall–Kier alpha value is -2.06. The number of rotatable bonds is 3. The molecule has 0 atom stereocenters. The zero-order chi connectivity index (χ0) is 12.3. The summed E-state index contributed by atoms with van der Waals surface area (Å²) in [6.07, 6.45) is 1.63. The highest BCUT2D eigenvalue weighted by molar-refractivity contribution is 6.03. The molecule has 1 aliphatic rings. The van der Waals surface area contributed by atoms with Crippen molar-refractivity contribution in [3.8, 4) is 5.75 Å². The third kappa shape index (κ3) is 2.22. The third-order valence-electron chi connectivity index (χ3n) is 2.61. The zero-order valence-electron chi connectivity index (χ0n) is 10.2. The normalized spacial score (nSPS) is 13.5. The number of methoxy groups -OCH3 is 1. The fraction of sp³-hybridized carbons (Fsp3) is 0.308. The smallest absolute Gasteiger partial charge is 0.164 e. The van der Waals surface area contributed by atoms with Gasteiger partial charge in [0.05, 0.1) is 18.9 Å². The summed E-state index contributed by atoms with van der Waals surface area (Å²) in [6, 6.07) is 6.03. The number of hydrogen-bond donors (Lipinski definition) is 1. The molecule has 0 saturated heterocycles. The Kier molecular flexibility index (Phi) is 3.26. The summed E-state index contributed by atoms with van der Waals surface area (Å²) in [4.78, 5) is 0. The van der Waals surface area contributed by atoms with E-state index in [-0.39, 0.29) is 0 Å². The van der Waals surface area contributed by atoms with Gasteiger partial charge >= 0.3 is 0 Å². The van der Waals surface area contributed by atoms with E-state index in [1.807, 2.05) is 12.1 Å². The van der Waals surface area contributed by atoms with E-state index in [4.69, 9.17) is 4.74 Å². The largest absolute Gasteiger partial charge is 0.496 e. The first-order chi connectivity index (χ1) is 8.24. The lowest BCUT2D eigenvalue weighted by atomic mass is 9.98. The van der Waals surface area contributed by atoms with Crippen LogP contribution in [0.4, 0.5) is 0 Å². The summed E-state index contributed by atoms with van der Waals surface area (Å²) < 4.78 is 5.49. The van der Waals surface area contributed by atoms with Gasteiger partial charge in [-0.2, -0.15) is 0 Å². The molecular weight excluding hydrogens is 214 g/mol. The van der Waals surface area contributed by atoms with Crippen molar-refractivity contribution in [3.63, 3.8) is 0 Å². The fourth-order valence-corrected chi connectivity index (χ4v) is 1.79. The molecule has 0 radical (unpaired) electrons. The van der Waals surface area contributed by atoms with Crippen molar-refractivity contribution in [2.45, 2.75) is 19.8 Å². The van der Waals surface area contributed by atoms with Gasteiger partial charge in [0.2, 0.25) is 0 Å². The average molecular weight is 229 g/mol. The molecule has 1 aromatic rings. The van der Waals surface area contributed by atoms with Crippen molar-refractivity contribution < 1.29 is 4.74 Å². The average Bonchev–Trinajstić information content (AvgIpc) is 2.38. The number of benzene rings is 1. The van der Waals surface area contributed by atoms with Crippen LogP contribution in [0.15, 0.2) is 34.6 Å². The molecule has 0 aliphatic carbocycles. The molecule has 0 amide bonds. The molecular formula is C13H15N3O. The van der Waals surface area contributed by atoms with Crippen LogP contribution in [0.3, 0.4) is 0 Å². The van der Waals surface area contributed by atoms with E-state index in [1.54, 1.807) is 13.3 Å². The highest BCUT2D eigenvalue weighted by atomic mass is 16.5. The highest BCUT2D eigenvalue weighted by Crippen LogP contribution is 2.30. The van der Waals surface area contributed by atoms with E-state index in [2.05, 4.69) is 41.3 Å². The van der Waals surface area contributed by atoms with Crippen LogP contribution in [-0.2, 0) is 0 Å². The Bertz CT molecular complexity index is 511. The number of amidine groups is 1. The van der Waals surface area contributed by atoms with Gasteiger partial charge in [-0.1, -0.05) is 26.0 Å². The molecule has 0 unspecified atom stereocenters. The minimum absolute atomic E-state index is 0.396. The van der Waals surface area contributed by atoms with Crippen LogP contribution >= 0.6 is 0 Å². The lowest BCUT2D eigenvalue weighted by molar-refractivity contribution is 0.406. The van der Waals surface area contributed by atoms with E-state index in [1.165, 1.54) is 0 Å². The van der Waals surface area contributed by atoms with Crippen molar-refractivity contribution in [2.24, 2.45) is 10.2 Å². The second-order valence-corrected chi connectivity index (χ2v) is 4.05. The van der Waals surface area contributed by atoms with Crippen LogP contribution in [0.25, 0.3) is 0 Å². The van der Waals surface area contributed by atoms with Crippen molar-refractivity contribution >= 4 is 11.7 Å². The summed E-state index contributed by atoms with van der Waals surface area (Å²) in [6.45, 7) is 4.27. The Morgan fingerprint density at radius 1 is 1.35 bits per heavy atom. The first-order valence-electron chi connectivity index (χ1n) is 5.52. The zero-order valence-corrected chi connectivity index (χ0v) is 10.2. The summed E-state index contributed by atoms with van der Waals surface area (Å²) in [7, 11) is 1.67. The van der Waals surface area contributed by atoms with E-state index < -0.39 is 0 Å². The summed E-state index contributed by atoms with van der Waals surface area (Å²) in [5, 5.41) is 10.8. The molecule has 1 aromatic carbocycles. The molecule has 88 valence electrons. The monoisotopic (exact) mass is 229 g/mol. The van der Waals surface area contributed by atoms with Gasteiger partial charge in [-0.05, 0) is 17.5 Å². The lowest BCUT2D eigenvalue weighted by Crippen LogP contribution is -2.21. The second-order valence-electron chi connectivity index (χ2n) is 4.05. The number of hydrogen-bond acceptors (Lipinski definition) is 4. The minimum atomic E-state index is 0.396. The van der Waals surface area contributed by atoms with Gasteiger partial charge in [-0.3, -0.25) is 0 Å². The van der Waals surface area contributed by atoms with Crippen molar-refractivity contribution in [3.05, 3.63) is 35.5 Å². The molecule has 0 fully saturated rings. The summed E-state index contributed by atoms with van der Waals surface area (Å²) >= 11 is 0. The molecule has 17 heavy (non-hydrogen) atoms. The van der Waals surface area contributed by atoms with Crippen LogP contribution < -0.4 is 10.1 Å². The maximum Gasteiger partial charge on any atom is 0.164 e. The van der Waals surface area contributed by atoms with Gasteiger partial charge in [0.25, 0.3) is 0 Å². The Labute approximate surface area is 101 Å². The van der Waals surface area contributed by atoms with E-state index in [0.717, 1.165) is 16.9 Å². The number of nitrogens with one attached hydrogen (secondary N) is 1. The minimum Gasteiger partial charge on any atom is -0.496 e. The number of para-hydroxylation sites is 1. The van der Waals surface area contributed by atoms with Crippen molar-refractivity contribution in [1.29, 1.82) is 0 Å². The molecule has 0 saturated carbocycles. The lowest BCUT2D eigenvalue weighted by Gasteiger charge is -2.16. The molecule has 1 heterocycles. The van der Waals surface area contributed by atoms with Crippen LogP contribution in [-0.4, -0.2) is 18.8 Å². The maximum absolute atomic E-state index is 5.49. The molecule has 2 rings (SSSR count). The van der Waals surface area contributed by atoms with Gasteiger partial charge in [0, 0.05) is 5.87 Å². The van der Waals surface area contributed by atoms with Gasteiger partial charge < -0.3 is 10.1 Å². The van der Waals surface area contributed by atoms with Crippen molar-refractivity contribution in [2.75, 3.05) is 7.11 Å². The van der Waals surface area contributed by atoms with Crippen LogP contribution in [0.2, 0.25) is 0 Å². The summed E-state index contributed by atoms with van der Waals surface area (Å²) in [5.74, 6) is 4.55. The Balaban J connectivity index is 2.51. The van der Waals surface area contributed by atoms with Crippen LogP contribution in [0.5, 0.6) is 5.75 Å². The van der Waals surface area contributed by atoms with Crippen LogP contribution in [0.1, 0.15) is 30.9 Å². The number of nitrogens with zero attached hydrogens (tertiary/aromatic N) is 2. The molecule has 4 heteroatoms. The quantitative estimate of drug-likeness (QED) is 0.864. The van der Waals surface area contributed by atoms with E-state index >= 15 is 0 Å². The molecule has 4 nitrogen and oxygen atoms in total. The second kappa shape index (κ2) is 4.85. The predicted octanol–water partition coefficient (Wildman–Crippen LogP) is 2.27. The topological polar surface area (TPSA) is 46.0 Å². The SMILES string of the molecule is COc1c(C2=NN=C=CN2)cccc1C(C)C. The van der Waals surface area contributed by atoms with Gasteiger partial charge in [0.15, 0.2) is 5.84 Å². The van der Waals surface area contributed by atoms with Gasteiger partial charge in [0.1, 0.15) is 5.75 Å². The van der Waals surface area contributed by atoms with E-state index in [0.29, 0.717) is 11.8 Å². The molecule has 0 spiro atoms. The Morgan fingerprint density at radius 3 is 2.76 bits per heavy atom. The molecule has 0 aromatic heterocycles. The molecule has 0 bridgehead atoms. The first kappa shape index (κ1) is 11.4. The predicted molar refractivity (Wildman–Crippen MR) is 68.8 cm³/mol. The third-order valence-corrected chi connectivity index (χ3v) is 2.61. The van der Waals surface area contributed by atoms with E-state index in [9.17, 15) is 0 Å².